The summed E-state index contributed by atoms with van der Waals surface area (Å²) in [5.74, 6) is 0.719. The molecular formula is C33H38FN9O2. The molecule has 234 valence electrons. The van der Waals surface area contributed by atoms with Crippen LogP contribution in [0.1, 0.15) is 30.1 Å². The van der Waals surface area contributed by atoms with Crippen LogP contribution >= 0.6 is 0 Å². The van der Waals surface area contributed by atoms with Gasteiger partial charge in [-0.15, -0.1) is 5.10 Å². The fraction of sp³-hybridized carbons (Fsp3) is 0.424. The average molecular weight is 612 g/mol. The molecule has 2 aliphatic rings. The van der Waals surface area contributed by atoms with E-state index >= 15 is 4.39 Å². The average Bonchev–Trinajstić information content (AvgIpc) is 3.57. The fourth-order valence-electron chi connectivity index (χ4n) is 6.97. The van der Waals surface area contributed by atoms with Crippen LogP contribution in [0.25, 0.3) is 33.3 Å². The van der Waals surface area contributed by atoms with Gasteiger partial charge < -0.3 is 24.0 Å². The van der Waals surface area contributed by atoms with Gasteiger partial charge in [-0.3, -0.25) is 4.98 Å². The van der Waals surface area contributed by atoms with Crippen molar-refractivity contribution in [3.8, 4) is 11.3 Å². The molecular weight excluding hydrogens is 573 g/mol. The van der Waals surface area contributed by atoms with Crippen molar-refractivity contribution in [3.05, 3.63) is 65.7 Å². The van der Waals surface area contributed by atoms with Gasteiger partial charge in [0.25, 0.3) is 0 Å². The largest absolute Gasteiger partial charge is 0.381 e. The Morgan fingerprint density at radius 3 is 2.51 bits per heavy atom. The number of benzene rings is 1. The van der Waals surface area contributed by atoms with Crippen LogP contribution in [0.4, 0.5) is 15.0 Å². The van der Waals surface area contributed by atoms with Crippen molar-refractivity contribution >= 4 is 33.9 Å². The maximum atomic E-state index is 15.8. The third-order valence-corrected chi connectivity index (χ3v) is 9.21. The lowest BCUT2D eigenvalue weighted by Crippen LogP contribution is -2.51. The Labute approximate surface area is 261 Å². The maximum Gasteiger partial charge on any atom is 0.319 e. The van der Waals surface area contributed by atoms with Crippen LogP contribution in [-0.2, 0) is 11.8 Å². The van der Waals surface area contributed by atoms with Crippen molar-refractivity contribution < 1.29 is 13.9 Å². The minimum absolute atomic E-state index is 0.0168. The molecule has 2 fully saturated rings. The number of piperazine rings is 1. The van der Waals surface area contributed by atoms with E-state index in [-0.39, 0.29) is 23.8 Å². The van der Waals surface area contributed by atoms with Gasteiger partial charge in [-0.2, -0.15) is 0 Å². The third-order valence-electron chi connectivity index (χ3n) is 9.21. The zero-order chi connectivity index (χ0) is 31.2. The summed E-state index contributed by atoms with van der Waals surface area (Å²) in [6.45, 7) is 5.77. The molecule has 0 saturated carbocycles. The number of ether oxygens (including phenoxy) is 1. The van der Waals surface area contributed by atoms with Gasteiger partial charge in [-0.1, -0.05) is 23.4 Å². The molecule has 11 nitrogen and oxygen atoms in total. The molecule has 45 heavy (non-hydrogen) atoms. The van der Waals surface area contributed by atoms with Crippen LogP contribution in [0, 0.1) is 18.7 Å². The van der Waals surface area contributed by atoms with Gasteiger partial charge in [0.1, 0.15) is 17.3 Å². The Morgan fingerprint density at radius 1 is 1.07 bits per heavy atom. The minimum atomic E-state index is -0.324. The molecule has 1 atom stereocenters. The first-order chi connectivity index (χ1) is 21.8. The molecule has 0 aliphatic carbocycles. The Hall–Kier alpha value is -4.58. The molecule has 0 bridgehead atoms. The van der Waals surface area contributed by atoms with Gasteiger partial charge in [-0.05, 0) is 49.9 Å². The SMILES string of the molecule is Cc1nnn(C)c1-c1cnc2c3ccc(N4CCN(C(=O)N(C)C)CC4)nc3n([C@H](c3ccccc3F)C3CCOCC3)c2c1. The van der Waals surface area contributed by atoms with Crippen LogP contribution in [0.2, 0.25) is 0 Å². The second-order valence-electron chi connectivity index (χ2n) is 12.2. The maximum absolute atomic E-state index is 15.8. The Morgan fingerprint density at radius 2 is 1.82 bits per heavy atom. The van der Waals surface area contributed by atoms with Crippen molar-refractivity contribution in [1.82, 2.24) is 39.3 Å². The molecule has 4 aromatic heterocycles. The summed E-state index contributed by atoms with van der Waals surface area (Å²) in [5, 5.41) is 9.39. The number of pyridine rings is 2. The predicted molar refractivity (Wildman–Crippen MR) is 171 cm³/mol. The first-order valence-electron chi connectivity index (χ1n) is 15.5. The number of carbonyl (C=O) groups is 1. The number of hydrogen-bond acceptors (Lipinski definition) is 7. The van der Waals surface area contributed by atoms with E-state index in [2.05, 4.69) is 31.9 Å². The molecule has 5 aromatic rings. The molecule has 0 unspecified atom stereocenters. The van der Waals surface area contributed by atoms with Crippen LogP contribution in [0.15, 0.2) is 48.7 Å². The van der Waals surface area contributed by atoms with E-state index in [9.17, 15) is 4.79 Å². The number of anilines is 1. The molecule has 1 aromatic carbocycles. The van der Waals surface area contributed by atoms with Gasteiger partial charge >= 0.3 is 6.03 Å². The Bertz CT molecular complexity index is 1850. The fourth-order valence-corrected chi connectivity index (χ4v) is 6.97. The predicted octanol–water partition coefficient (Wildman–Crippen LogP) is 4.65. The highest BCUT2D eigenvalue weighted by Gasteiger charge is 2.33. The lowest BCUT2D eigenvalue weighted by atomic mass is 9.86. The summed E-state index contributed by atoms with van der Waals surface area (Å²) in [6, 6.07) is 13.0. The van der Waals surface area contributed by atoms with E-state index in [1.165, 1.54) is 6.07 Å². The van der Waals surface area contributed by atoms with Crippen LogP contribution < -0.4 is 4.90 Å². The molecule has 6 heterocycles. The van der Waals surface area contributed by atoms with Crippen molar-refractivity contribution in [2.75, 3.05) is 58.4 Å². The number of halogens is 1. The summed E-state index contributed by atoms with van der Waals surface area (Å²) in [7, 11) is 5.43. The lowest BCUT2D eigenvalue weighted by Gasteiger charge is -2.36. The van der Waals surface area contributed by atoms with Crippen molar-refractivity contribution in [1.29, 1.82) is 0 Å². The number of carbonyl (C=O) groups excluding carboxylic acids is 1. The quantitative estimate of drug-likeness (QED) is 0.286. The zero-order valence-electron chi connectivity index (χ0n) is 26.1. The number of aromatic nitrogens is 6. The normalized spacial score (nSPS) is 16.9. The molecule has 2 aliphatic heterocycles. The van der Waals surface area contributed by atoms with Crippen LogP contribution in [0.5, 0.6) is 0 Å². The number of hydrogen-bond donors (Lipinski definition) is 0. The van der Waals surface area contributed by atoms with Gasteiger partial charge in [-0.25, -0.2) is 18.9 Å². The summed E-state index contributed by atoms with van der Waals surface area (Å²) >= 11 is 0. The molecule has 7 rings (SSSR count). The van der Waals surface area contributed by atoms with Gasteiger partial charge in [0.2, 0.25) is 0 Å². The smallest absolute Gasteiger partial charge is 0.319 e. The second-order valence-corrected chi connectivity index (χ2v) is 12.2. The molecule has 0 radical (unpaired) electrons. The first-order valence-corrected chi connectivity index (χ1v) is 15.5. The van der Waals surface area contributed by atoms with Gasteiger partial charge in [0.15, 0.2) is 0 Å². The Kier molecular flexibility index (Phi) is 7.60. The highest BCUT2D eigenvalue weighted by atomic mass is 19.1. The molecule has 0 spiro atoms. The van der Waals surface area contributed by atoms with Gasteiger partial charge in [0.05, 0.1) is 28.5 Å². The van der Waals surface area contributed by atoms with Crippen molar-refractivity contribution in [2.45, 2.75) is 25.8 Å². The monoisotopic (exact) mass is 611 g/mol. The third kappa shape index (κ3) is 5.16. The van der Waals surface area contributed by atoms with Gasteiger partial charge in [0, 0.05) is 83.2 Å². The highest BCUT2D eigenvalue weighted by molar-refractivity contribution is 6.05. The molecule has 12 heteroatoms. The van der Waals surface area contributed by atoms with Crippen LogP contribution in [0.3, 0.4) is 0 Å². The number of aryl methyl sites for hydroxylation is 2. The minimum Gasteiger partial charge on any atom is -0.381 e. The van der Waals surface area contributed by atoms with Crippen molar-refractivity contribution in [3.63, 3.8) is 0 Å². The number of nitrogens with zero attached hydrogens (tertiary/aromatic N) is 9. The first kappa shape index (κ1) is 29.1. The molecule has 0 N–H and O–H groups in total. The topological polar surface area (TPSA) is 97.4 Å². The summed E-state index contributed by atoms with van der Waals surface area (Å²) < 4.78 is 25.5. The number of urea groups is 1. The molecule has 2 amide bonds. The van der Waals surface area contributed by atoms with E-state index in [4.69, 9.17) is 14.7 Å². The standard InChI is InChI=1S/C33H38FN9O2/c1-21-30(40(4)38-37-21)23-19-27-29(35-20-23)25-9-10-28(41-13-15-42(16-14-41)33(44)39(2)3)36-32(25)43(27)31(22-11-17-45-18-12-22)24-7-5-6-8-26(24)34/h5-10,19-20,22,31H,11-18H2,1-4H3/t31-/m0/s1. The molecule has 2 saturated heterocycles. The Balaban J connectivity index is 1.42. The van der Waals surface area contributed by atoms with E-state index < -0.39 is 0 Å². The second kappa shape index (κ2) is 11.7. The zero-order valence-corrected chi connectivity index (χ0v) is 26.1. The van der Waals surface area contributed by atoms with Crippen molar-refractivity contribution in [2.24, 2.45) is 13.0 Å². The summed E-state index contributed by atoms with van der Waals surface area (Å²) in [6.07, 6.45) is 3.47. The number of fused-ring (bicyclic) bond motifs is 3. The summed E-state index contributed by atoms with van der Waals surface area (Å²) in [4.78, 5) is 28.5. The lowest BCUT2D eigenvalue weighted by molar-refractivity contribution is 0.0548. The number of rotatable bonds is 5. The number of amides is 2. The van der Waals surface area contributed by atoms with E-state index in [1.54, 1.807) is 29.7 Å². The van der Waals surface area contributed by atoms with E-state index in [0.717, 1.165) is 57.7 Å². The van der Waals surface area contributed by atoms with Crippen LogP contribution in [-0.4, -0.2) is 98.8 Å². The van der Waals surface area contributed by atoms with E-state index in [0.29, 0.717) is 45.0 Å². The van der Waals surface area contributed by atoms with E-state index in [1.807, 2.05) is 43.3 Å². The highest BCUT2D eigenvalue weighted by Crippen LogP contribution is 2.42. The summed E-state index contributed by atoms with van der Waals surface area (Å²) in [5.41, 5.74) is 5.67.